The summed E-state index contributed by atoms with van der Waals surface area (Å²) < 4.78 is 12.7. The van der Waals surface area contributed by atoms with E-state index in [0.717, 1.165) is 16.8 Å². The predicted octanol–water partition coefficient (Wildman–Crippen LogP) is 3.95. The molecule has 2 heteroatoms. The molecule has 0 aliphatic heterocycles. The molecule has 0 unspecified atom stereocenters. The van der Waals surface area contributed by atoms with E-state index in [0.29, 0.717) is 6.54 Å². The summed E-state index contributed by atoms with van der Waals surface area (Å²) in [6, 6.07) is 16.3. The summed E-state index contributed by atoms with van der Waals surface area (Å²) in [7, 11) is 0. The van der Waals surface area contributed by atoms with Gasteiger partial charge in [-0.05, 0) is 35.4 Å². The van der Waals surface area contributed by atoms with Crippen LogP contribution in [0.25, 0.3) is 5.57 Å². The standard InChI is InChI=1S/C15H14FN/c1-12(13-5-3-2-4-6-13)11-17-15-9-7-14(16)8-10-15/h2-10,17H,1,11H2. The van der Waals surface area contributed by atoms with E-state index in [1.807, 2.05) is 30.3 Å². The van der Waals surface area contributed by atoms with Crippen molar-refractivity contribution in [2.75, 3.05) is 11.9 Å². The maximum Gasteiger partial charge on any atom is 0.123 e. The van der Waals surface area contributed by atoms with Gasteiger partial charge >= 0.3 is 0 Å². The Morgan fingerprint density at radius 3 is 2.29 bits per heavy atom. The molecule has 2 aromatic carbocycles. The quantitative estimate of drug-likeness (QED) is 0.833. The fraction of sp³-hybridized carbons (Fsp3) is 0.0667. The van der Waals surface area contributed by atoms with Gasteiger partial charge in [-0.3, -0.25) is 0 Å². The molecule has 17 heavy (non-hydrogen) atoms. The number of hydrogen-bond acceptors (Lipinski definition) is 1. The van der Waals surface area contributed by atoms with Crippen molar-refractivity contribution in [1.82, 2.24) is 0 Å². The van der Waals surface area contributed by atoms with Crippen molar-refractivity contribution in [3.8, 4) is 0 Å². The molecule has 1 nitrogen and oxygen atoms in total. The average Bonchev–Trinajstić information content (AvgIpc) is 2.39. The molecule has 0 aliphatic rings. The summed E-state index contributed by atoms with van der Waals surface area (Å²) in [5.41, 5.74) is 3.01. The van der Waals surface area contributed by atoms with Crippen molar-refractivity contribution in [3.05, 3.63) is 72.6 Å². The van der Waals surface area contributed by atoms with E-state index in [1.165, 1.54) is 12.1 Å². The van der Waals surface area contributed by atoms with Gasteiger partial charge in [-0.1, -0.05) is 36.9 Å². The van der Waals surface area contributed by atoms with Crippen LogP contribution in [0.15, 0.2) is 61.2 Å². The molecule has 0 heterocycles. The third kappa shape index (κ3) is 3.18. The van der Waals surface area contributed by atoms with Gasteiger partial charge in [-0.2, -0.15) is 0 Å². The Balaban J connectivity index is 1.95. The fourth-order valence-corrected chi connectivity index (χ4v) is 1.55. The van der Waals surface area contributed by atoms with E-state index in [4.69, 9.17) is 0 Å². The SMILES string of the molecule is C=C(CNc1ccc(F)cc1)c1ccccc1. The van der Waals surface area contributed by atoms with Gasteiger partial charge in [0.05, 0.1) is 0 Å². The van der Waals surface area contributed by atoms with Crippen molar-refractivity contribution >= 4 is 11.3 Å². The first-order valence-electron chi connectivity index (χ1n) is 5.48. The Bertz CT molecular complexity index is 488. The van der Waals surface area contributed by atoms with Crippen molar-refractivity contribution < 1.29 is 4.39 Å². The first kappa shape index (κ1) is 11.4. The molecular formula is C15H14FN. The van der Waals surface area contributed by atoms with Gasteiger partial charge in [-0.25, -0.2) is 4.39 Å². The van der Waals surface area contributed by atoms with Crippen molar-refractivity contribution in [3.63, 3.8) is 0 Å². The molecule has 0 aromatic heterocycles. The first-order chi connectivity index (χ1) is 8.25. The second-order valence-electron chi connectivity index (χ2n) is 3.83. The first-order valence-corrected chi connectivity index (χ1v) is 5.48. The van der Waals surface area contributed by atoms with E-state index < -0.39 is 0 Å². The summed E-state index contributed by atoms with van der Waals surface area (Å²) in [5.74, 6) is -0.225. The third-order valence-corrected chi connectivity index (χ3v) is 2.53. The van der Waals surface area contributed by atoms with Crippen LogP contribution in [0.1, 0.15) is 5.56 Å². The Labute approximate surface area is 101 Å². The number of nitrogens with one attached hydrogen (secondary N) is 1. The Morgan fingerprint density at radius 2 is 1.65 bits per heavy atom. The topological polar surface area (TPSA) is 12.0 Å². The van der Waals surface area contributed by atoms with Crippen LogP contribution >= 0.6 is 0 Å². The summed E-state index contributed by atoms with van der Waals surface area (Å²) in [6.07, 6.45) is 0. The van der Waals surface area contributed by atoms with E-state index in [1.54, 1.807) is 12.1 Å². The van der Waals surface area contributed by atoms with Gasteiger partial charge in [0, 0.05) is 12.2 Å². The predicted molar refractivity (Wildman–Crippen MR) is 70.4 cm³/mol. The summed E-state index contributed by atoms with van der Waals surface area (Å²) in [6.45, 7) is 4.67. The van der Waals surface area contributed by atoms with Crippen LogP contribution in [0.3, 0.4) is 0 Å². The van der Waals surface area contributed by atoms with Crippen LogP contribution in [0, 0.1) is 5.82 Å². The van der Waals surface area contributed by atoms with Crippen LogP contribution in [-0.4, -0.2) is 6.54 Å². The molecule has 0 amide bonds. The van der Waals surface area contributed by atoms with E-state index in [2.05, 4.69) is 11.9 Å². The highest BCUT2D eigenvalue weighted by molar-refractivity contribution is 5.67. The minimum absolute atomic E-state index is 0.225. The normalized spacial score (nSPS) is 9.94. The maximum absolute atomic E-state index is 12.7. The van der Waals surface area contributed by atoms with Gasteiger partial charge in [0.25, 0.3) is 0 Å². The van der Waals surface area contributed by atoms with Gasteiger partial charge < -0.3 is 5.32 Å². The second kappa shape index (κ2) is 5.30. The molecule has 86 valence electrons. The molecule has 2 aromatic rings. The molecule has 1 N–H and O–H groups in total. The van der Waals surface area contributed by atoms with Gasteiger partial charge in [0.15, 0.2) is 0 Å². The lowest BCUT2D eigenvalue weighted by Crippen LogP contribution is -2.03. The van der Waals surface area contributed by atoms with Crippen LogP contribution < -0.4 is 5.32 Å². The van der Waals surface area contributed by atoms with Gasteiger partial charge in [0.1, 0.15) is 5.82 Å². The molecular weight excluding hydrogens is 213 g/mol. The zero-order chi connectivity index (χ0) is 12.1. The van der Waals surface area contributed by atoms with Crippen LogP contribution in [0.5, 0.6) is 0 Å². The van der Waals surface area contributed by atoms with E-state index >= 15 is 0 Å². The smallest absolute Gasteiger partial charge is 0.123 e. The number of benzene rings is 2. The van der Waals surface area contributed by atoms with Crippen molar-refractivity contribution in [2.24, 2.45) is 0 Å². The molecule has 0 bridgehead atoms. The highest BCUT2D eigenvalue weighted by Crippen LogP contribution is 2.14. The average molecular weight is 227 g/mol. The Hall–Kier alpha value is -2.09. The molecule has 0 fully saturated rings. The third-order valence-electron chi connectivity index (χ3n) is 2.53. The monoisotopic (exact) mass is 227 g/mol. The Morgan fingerprint density at radius 1 is 1.00 bits per heavy atom. The van der Waals surface area contributed by atoms with E-state index in [9.17, 15) is 4.39 Å². The molecule has 0 saturated carbocycles. The van der Waals surface area contributed by atoms with Crippen molar-refractivity contribution in [2.45, 2.75) is 0 Å². The molecule has 2 rings (SSSR count). The largest absolute Gasteiger partial charge is 0.381 e. The van der Waals surface area contributed by atoms with Gasteiger partial charge in [-0.15, -0.1) is 0 Å². The number of anilines is 1. The summed E-state index contributed by atoms with van der Waals surface area (Å²) in [5, 5.41) is 3.20. The van der Waals surface area contributed by atoms with Crippen LogP contribution in [-0.2, 0) is 0 Å². The van der Waals surface area contributed by atoms with E-state index in [-0.39, 0.29) is 5.82 Å². The lowest BCUT2D eigenvalue weighted by molar-refractivity contribution is 0.628. The number of halogens is 1. The fourth-order valence-electron chi connectivity index (χ4n) is 1.55. The minimum atomic E-state index is -0.225. The molecule has 0 radical (unpaired) electrons. The second-order valence-corrected chi connectivity index (χ2v) is 3.83. The maximum atomic E-state index is 12.7. The summed E-state index contributed by atoms with van der Waals surface area (Å²) >= 11 is 0. The molecule has 0 saturated heterocycles. The molecule has 0 aliphatic carbocycles. The van der Waals surface area contributed by atoms with Crippen LogP contribution in [0.2, 0.25) is 0 Å². The number of hydrogen-bond donors (Lipinski definition) is 1. The lowest BCUT2D eigenvalue weighted by atomic mass is 10.1. The molecule has 0 spiro atoms. The summed E-state index contributed by atoms with van der Waals surface area (Å²) in [4.78, 5) is 0. The Kier molecular flexibility index (Phi) is 3.55. The lowest BCUT2D eigenvalue weighted by Gasteiger charge is -2.09. The highest BCUT2D eigenvalue weighted by atomic mass is 19.1. The van der Waals surface area contributed by atoms with Crippen molar-refractivity contribution in [1.29, 1.82) is 0 Å². The molecule has 0 atom stereocenters. The zero-order valence-electron chi connectivity index (χ0n) is 9.49. The van der Waals surface area contributed by atoms with Gasteiger partial charge in [0.2, 0.25) is 0 Å². The number of rotatable bonds is 4. The zero-order valence-corrected chi connectivity index (χ0v) is 9.49. The minimum Gasteiger partial charge on any atom is -0.381 e. The highest BCUT2D eigenvalue weighted by Gasteiger charge is 1.98. The van der Waals surface area contributed by atoms with Crippen LogP contribution in [0.4, 0.5) is 10.1 Å².